The maximum atomic E-state index is 11.8. The molecule has 0 aromatic heterocycles. The zero-order chi connectivity index (χ0) is 84.6. The van der Waals surface area contributed by atoms with E-state index in [4.69, 9.17) is 35.2 Å². The molecule has 0 heterocycles. The Bertz CT molecular complexity index is 3030. The van der Waals surface area contributed by atoms with Gasteiger partial charge in [0.2, 0.25) is 0 Å². The number of esters is 2. The van der Waals surface area contributed by atoms with Crippen molar-refractivity contribution >= 4 is 55.2 Å². The predicted octanol–water partition coefficient (Wildman–Crippen LogP) is 26.3. The Kier molecular flexibility index (Phi) is 50.1. The number of methoxy groups -OCH3 is 3. The number of carbonyl (C=O) groups excluding carboxylic acids is 5. The van der Waals surface area contributed by atoms with E-state index in [0.717, 1.165) is 113 Å². The first kappa shape index (κ1) is 102. The lowest BCUT2D eigenvalue weighted by Gasteiger charge is -2.39. The third-order valence-electron chi connectivity index (χ3n) is 27.9. The summed E-state index contributed by atoms with van der Waals surface area (Å²) in [6.07, 6.45) is 78.2. The summed E-state index contributed by atoms with van der Waals surface area (Å²) in [5, 5.41) is 0. The fourth-order valence-electron chi connectivity index (χ4n) is 18.9. The molecule has 0 spiro atoms. The van der Waals surface area contributed by atoms with Gasteiger partial charge in [-0.25, -0.2) is 4.79 Å². The van der Waals surface area contributed by atoms with Crippen LogP contribution in [0.1, 0.15) is 373 Å². The summed E-state index contributed by atoms with van der Waals surface area (Å²) in [7, 11) is 4.41. The molecule has 11 aliphatic rings. The van der Waals surface area contributed by atoms with E-state index in [1.165, 1.54) is 223 Å². The fourth-order valence-corrected chi connectivity index (χ4v) is 18.9. The summed E-state index contributed by atoms with van der Waals surface area (Å²) in [5.41, 5.74) is 14.5. The van der Waals surface area contributed by atoms with Crippen LogP contribution < -0.4 is 5.73 Å². The molecule has 12 atom stereocenters. The van der Waals surface area contributed by atoms with E-state index >= 15 is 0 Å². The maximum absolute atomic E-state index is 11.8. The highest BCUT2D eigenvalue weighted by Gasteiger charge is 2.40. The number of aldehydes is 2. The van der Waals surface area contributed by atoms with Gasteiger partial charge in [-0.1, -0.05) is 228 Å². The number of nitrogens with zero attached hydrogens (tertiary/aromatic N) is 4. The molecule has 0 radical (unpaired) electrons. The molecule has 0 aliphatic heterocycles. The Morgan fingerprint density at radius 3 is 1.05 bits per heavy atom. The molecular weight excluding hydrogens is 1420 g/mol. The van der Waals surface area contributed by atoms with Crippen molar-refractivity contribution in [1.82, 2.24) is 0 Å². The normalized spacial score (nSPS) is 29.7. The van der Waals surface area contributed by atoms with Gasteiger partial charge in [-0.15, -0.1) is 0 Å². The number of hydrogen-bond donors (Lipinski definition) is 1. The molecule has 0 amide bonds. The topological polar surface area (TPSA) is 189 Å². The van der Waals surface area contributed by atoms with Crippen LogP contribution in [-0.4, -0.2) is 107 Å². The molecule has 0 bridgehead atoms. The Morgan fingerprint density at radius 1 is 0.435 bits per heavy atom. The standard InChI is InChI=1S/C20H33NO.C19H31NO2.2C15H25N.C14H22O2.C9H14O.C6H13N.C4H6O2/c1-4-19(22)11-13-20(12-10-16(2)14-17(20)3)15-21-18-8-6-5-7-9-18;1-15-9-11-19(16(2)13-15,12-10-18(21)22-3)14-20-17-7-5-4-6-8-17;2*1-12-8-9-14(13(2)10-12)11-16-15-6-4-3-5-7-15;1-11-5-7-14(10-15,12(2)9-11)8-6-13(3)16-4;1-7-3-4-9(6-10)8(2)5-7;7-6-4-2-1-3-5-6;1-3-4(5)6-2/h10,15,17-18H,4-9,11-14H2,1-3H3;9,14,16-17H,4-8,10-13H2,1-3H3;2*8,11,13-15H,3-7,9-10H2,1-2H3;5,10,12H,3,6-9H2,1-2,4H3;3,6,8-9H,4-5H2,1-2H3;6H,1-5,7H2;3H,1H2,2H3. The van der Waals surface area contributed by atoms with Gasteiger partial charge >= 0.3 is 11.9 Å². The van der Waals surface area contributed by atoms with Gasteiger partial charge in [-0.3, -0.25) is 29.6 Å². The molecule has 5 saturated carbocycles. The van der Waals surface area contributed by atoms with Gasteiger partial charge in [0.25, 0.3) is 0 Å². The number of allylic oxidation sites excluding steroid dienone is 13. The molecule has 13 heteroatoms. The van der Waals surface area contributed by atoms with Gasteiger partial charge < -0.3 is 29.5 Å². The molecule has 650 valence electrons. The highest BCUT2D eigenvalue weighted by molar-refractivity contribution is 5.81. The zero-order valence-corrected chi connectivity index (χ0v) is 76.2. The molecule has 0 aromatic carbocycles. The second-order valence-electron chi connectivity index (χ2n) is 37.6. The van der Waals surface area contributed by atoms with Crippen LogP contribution in [0.15, 0.2) is 115 Å². The molecule has 12 unspecified atom stereocenters. The number of ether oxygens (including phenoxy) is 3. The fraction of sp³-hybridized carbons (Fsp3) is 0.755. The molecule has 11 aliphatic carbocycles. The Labute approximate surface area is 703 Å². The summed E-state index contributed by atoms with van der Waals surface area (Å²) in [5.74, 6) is 6.02. The van der Waals surface area contributed by atoms with Crippen LogP contribution in [0.2, 0.25) is 0 Å². The maximum Gasteiger partial charge on any atom is 0.329 e. The molecule has 115 heavy (non-hydrogen) atoms. The minimum Gasteiger partial charge on any atom is -0.502 e. The summed E-state index contributed by atoms with van der Waals surface area (Å²) in [4.78, 5) is 74.7. The van der Waals surface area contributed by atoms with Crippen molar-refractivity contribution in [3.05, 3.63) is 94.9 Å². The lowest BCUT2D eigenvalue weighted by molar-refractivity contribution is -0.141. The van der Waals surface area contributed by atoms with Crippen molar-refractivity contribution in [2.75, 3.05) is 21.3 Å². The Hall–Kier alpha value is -5.69. The van der Waals surface area contributed by atoms with Gasteiger partial charge in [0.15, 0.2) is 0 Å². The van der Waals surface area contributed by atoms with Crippen LogP contribution in [0.25, 0.3) is 0 Å². The van der Waals surface area contributed by atoms with Crippen molar-refractivity contribution in [1.29, 1.82) is 0 Å². The molecular formula is C102H169N5O8. The largest absolute Gasteiger partial charge is 0.502 e. The van der Waals surface area contributed by atoms with Gasteiger partial charge in [0.05, 0.1) is 27.1 Å². The summed E-state index contributed by atoms with van der Waals surface area (Å²) in [6.45, 7) is 35.9. The van der Waals surface area contributed by atoms with Gasteiger partial charge in [-0.05, 0) is 238 Å². The van der Waals surface area contributed by atoms with Crippen molar-refractivity contribution in [3.8, 4) is 0 Å². The second-order valence-corrected chi connectivity index (χ2v) is 37.6. The van der Waals surface area contributed by atoms with Crippen LogP contribution >= 0.6 is 0 Å². The van der Waals surface area contributed by atoms with E-state index in [1.54, 1.807) is 18.3 Å². The highest BCUT2D eigenvalue weighted by Crippen LogP contribution is 2.46. The summed E-state index contributed by atoms with van der Waals surface area (Å²) < 4.78 is 14.0. The van der Waals surface area contributed by atoms with E-state index < -0.39 is 5.97 Å². The lowest BCUT2D eigenvalue weighted by Crippen LogP contribution is -2.34. The number of hydrogen-bond acceptors (Lipinski definition) is 13. The van der Waals surface area contributed by atoms with E-state index in [9.17, 15) is 24.0 Å². The second kappa shape index (κ2) is 56.7. The van der Waals surface area contributed by atoms with Crippen molar-refractivity contribution < 1.29 is 38.2 Å². The van der Waals surface area contributed by atoms with Gasteiger partial charge in [0.1, 0.15) is 18.4 Å². The average Bonchev–Trinajstić information content (AvgIpc) is 0.804. The third-order valence-corrected chi connectivity index (χ3v) is 27.9. The number of carbonyl (C=O) groups is 5. The van der Waals surface area contributed by atoms with Crippen molar-refractivity contribution in [2.24, 2.45) is 95.2 Å². The lowest BCUT2D eigenvalue weighted by atomic mass is 9.66. The highest BCUT2D eigenvalue weighted by atomic mass is 16.5. The average molecular weight is 1590 g/mol. The smallest absolute Gasteiger partial charge is 0.329 e. The minimum absolute atomic E-state index is 0.0329. The number of ketones is 1. The third kappa shape index (κ3) is 39.4. The van der Waals surface area contributed by atoms with Crippen LogP contribution in [0.4, 0.5) is 0 Å². The monoisotopic (exact) mass is 1590 g/mol. The predicted molar refractivity (Wildman–Crippen MR) is 489 cm³/mol. The Morgan fingerprint density at radius 2 is 0.765 bits per heavy atom. The molecule has 0 saturated heterocycles. The number of Topliss-reactive ketones (excluding diaryl/α,β-unsaturated/α-hetero) is 1. The summed E-state index contributed by atoms with van der Waals surface area (Å²) in [6, 6.07) is 2.87. The van der Waals surface area contributed by atoms with Crippen molar-refractivity contribution in [3.63, 3.8) is 0 Å². The zero-order valence-electron chi connectivity index (χ0n) is 76.2. The first-order valence-electron chi connectivity index (χ1n) is 46.4. The summed E-state index contributed by atoms with van der Waals surface area (Å²) >= 11 is 0. The number of aliphatic imine (C=N–C) groups is 4. The van der Waals surface area contributed by atoms with Crippen LogP contribution in [0.3, 0.4) is 0 Å². The molecule has 13 nitrogen and oxygen atoms in total. The first-order valence-corrected chi connectivity index (χ1v) is 46.4. The van der Waals surface area contributed by atoms with E-state index in [2.05, 4.69) is 162 Å². The van der Waals surface area contributed by atoms with E-state index in [0.29, 0.717) is 90.8 Å². The molecule has 5 fully saturated rings. The Balaban J connectivity index is 0.000000285. The van der Waals surface area contributed by atoms with E-state index in [1.807, 2.05) is 6.92 Å². The van der Waals surface area contributed by atoms with Crippen molar-refractivity contribution in [2.45, 2.75) is 403 Å². The van der Waals surface area contributed by atoms with Crippen LogP contribution in [-0.2, 0) is 38.2 Å². The number of nitrogens with two attached hydrogens (primary N) is 1. The van der Waals surface area contributed by atoms with E-state index in [-0.39, 0.29) is 28.1 Å². The van der Waals surface area contributed by atoms with Crippen LogP contribution in [0, 0.1) is 69.5 Å². The molecule has 2 N–H and O–H groups in total. The molecule has 11 rings (SSSR count). The van der Waals surface area contributed by atoms with Crippen LogP contribution in [0.5, 0.6) is 0 Å². The van der Waals surface area contributed by atoms with Gasteiger partial charge in [0, 0.05) is 121 Å². The minimum atomic E-state index is -0.394. The SMILES string of the molecule is C=C(CCC1(C=O)CC=C(C)CC1C)OC.C=CC(=O)OC.CC1=CCC(C=NC2CCCCC2)C(C)C1.CC1=CCC(C=NC2CCCCC2)C(C)C1.CC1=CCC(C=O)C(C)C1.CCC(=O)CCC1(C=NC2CCCCC2)CC=C(C)CC1C.COC(=O)CCC1(C=NC2CCCCC2)CC=C(C)CC1C.NC1CCCCC1. The first-order chi connectivity index (χ1) is 55.1. The molecule has 0 aromatic rings. The van der Waals surface area contributed by atoms with Gasteiger partial charge in [-0.2, -0.15) is 0 Å². The number of rotatable bonds is 22. The quantitative estimate of drug-likeness (QED) is 0.0275.